The van der Waals surface area contributed by atoms with Gasteiger partial charge in [0.05, 0.1) is 6.26 Å². The minimum Gasteiger partial charge on any atom is -0.370 e. The minimum absolute atomic E-state index is 0.415. The van der Waals surface area contributed by atoms with Crippen LogP contribution in [-0.2, 0) is 16.4 Å². The third-order valence-corrected chi connectivity index (χ3v) is 3.36. The predicted molar refractivity (Wildman–Crippen MR) is 86.1 cm³/mol. The molecule has 21 heavy (non-hydrogen) atoms. The Balaban J connectivity index is 2.52. The normalized spacial score (nSPS) is 11.4. The summed E-state index contributed by atoms with van der Waals surface area (Å²) in [6.45, 7) is 5.98. The Morgan fingerprint density at radius 1 is 1.10 bits per heavy atom. The van der Waals surface area contributed by atoms with Crippen LogP contribution >= 0.6 is 0 Å². The number of nitrogens with zero attached hydrogens (tertiary/aromatic N) is 2. The molecule has 1 aromatic rings. The Bertz CT molecular complexity index is 509. The van der Waals surface area contributed by atoms with Gasteiger partial charge < -0.3 is 10.6 Å². The summed E-state index contributed by atoms with van der Waals surface area (Å²) in [6.07, 6.45) is 3.68. The van der Waals surface area contributed by atoms with Gasteiger partial charge in [0.1, 0.15) is 17.5 Å². The fraction of sp³-hybridized carbons (Fsp3) is 0.692. The van der Waals surface area contributed by atoms with Gasteiger partial charge in [0.2, 0.25) is 10.0 Å². The monoisotopic (exact) mass is 315 g/mol. The maximum Gasteiger partial charge on any atom is 0.208 e. The van der Waals surface area contributed by atoms with Crippen LogP contribution in [0.5, 0.6) is 0 Å². The van der Waals surface area contributed by atoms with E-state index in [-0.39, 0.29) is 0 Å². The van der Waals surface area contributed by atoms with Gasteiger partial charge in [-0.3, -0.25) is 0 Å². The van der Waals surface area contributed by atoms with Gasteiger partial charge in [0.15, 0.2) is 0 Å². The van der Waals surface area contributed by atoms with Crippen LogP contribution in [0, 0.1) is 0 Å². The molecule has 1 rings (SSSR count). The fourth-order valence-electron chi connectivity index (χ4n) is 1.76. The van der Waals surface area contributed by atoms with E-state index < -0.39 is 10.0 Å². The van der Waals surface area contributed by atoms with Crippen LogP contribution in [0.15, 0.2) is 6.07 Å². The summed E-state index contributed by atoms with van der Waals surface area (Å²) in [7, 11) is -3.11. The number of aromatic nitrogens is 2. The quantitative estimate of drug-likeness (QED) is 0.562. The van der Waals surface area contributed by atoms with Crippen LogP contribution in [0.2, 0.25) is 0 Å². The van der Waals surface area contributed by atoms with E-state index in [4.69, 9.17) is 0 Å². The molecule has 3 N–H and O–H groups in total. The van der Waals surface area contributed by atoms with Gasteiger partial charge in [-0.1, -0.05) is 6.92 Å². The van der Waals surface area contributed by atoms with Gasteiger partial charge in [-0.2, -0.15) is 0 Å². The van der Waals surface area contributed by atoms with Crippen LogP contribution in [0.4, 0.5) is 11.6 Å². The molecule has 0 bridgehead atoms. The lowest BCUT2D eigenvalue weighted by Crippen LogP contribution is -2.24. The van der Waals surface area contributed by atoms with Crippen LogP contribution < -0.4 is 15.4 Å². The van der Waals surface area contributed by atoms with Crippen molar-refractivity contribution >= 4 is 21.7 Å². The standard InChI is InChI=1S/C13H25N5O2S/c1-4-7-11-17-12(14-5-2)10-13(18-11)15-8-6-9-16-21(3,19)20/h10,16H,4-9H2,1-3H3,(H2,14,15,17,18). The highest BCUT2D eigenvalue weighted by Crippen LogP contribution is 2.12. The van der Waals surface area contributed by atoms with Crippen molar-refractivity contribution in [3.63, 3.8) is 0 Å². The largest absolute Gasteiger partial charge is 0.370 e. The molecular formula is C13H25N5O2S. The Labute approximate surface area is 127 Å². The maximum absolute atomic E-state index is 10.9. The van der Waals surface area contributed by atoms with Gasteiger partial charge >= 0.3 is 0 Å². The molecule has 0 atom stereocenters. The molecule has 120 valence electrons. The van der Waals surface area contributed by atoms with Crippen LogP contribution in [0.1, 0.15) is 32.5 Å². The van der Waals surface area contributed by atoms with E-state index in [9.17, 15) is 8.42 Å². The molecule has 0 aliphatic carbocycles. The van der Waals surface area contributed by atoms with Crippen molar-refractivity contribution in [3.05, 3.63) is 11.9 Å². The number of hydrogen-bond acceptors (Lipinski definition) is 6. The second-order valence-electron chi connectivity index (χ2n) is 4.78. The van der Waals surface area contributed by atoms with Crippen molar-refractivity contribution in [2.24, 2.45) is 0 Å². The molecule has 0 saturated carbocycles. The molecule has 8 heteroatoms. The molecule has 0 amide bonds. The van der Waals surface area contributed by atoms with Gasteiger partial charge in [0.25, 0.3) is 0 Å². The summed E-state index contributed by atoms with van der Waals surface area (Å²) in [6, 6.07) is 1.87. The number of aryl methyl sites for hydroxylation is 1. The van der Waals surface area contributed by atoms with Crippen LogP contribution in [0.25, 0.3) is 0 Å². The Hall–Kier alpha value is -1.41. The highest BCUT2D eigenvalue weighted by Gasteiger charge is 2.04. The molecule has 1 heterocycles. The average Bonchev–Trinajstić information content (AvgIpc) is 2.37. The van der Waals surface area contributed by atoms with E-state index in [0.29, 0.717) is 19.5 Å². The molecular weight excluding hydrogens is 290 g/mol. The lowest BCUT2D eigenvalue weighted by molar-refractivity contribution is 0.586. The first-order valence-electron chi connectivity index (χ1n) is 7.25. The Morgan fingerprint density at radius 3 is 2.33 bits per heavy atom. The molecule has 1 aromatic heterocycles. The number of sulfonamides is 1. The third-order valence-electron chi connectivity index (χ3n) is 2.63. The SMILES string of the molecule is CCCc1nc(NCC)cc(NCCCNS(C)(=O)=O)n1. The van der Waals surface area contributed by atoms with Gasteiger partial charge in [-0.05, 0) is 19.8 Å². The molecule has 0 radical (unpaired) electrons. The Morgan fingerprint density at radius 2 is 1.76 bits per heavy atom. The van der Waals surface area contributed by atoms with Crippen LogP contribution in [-0.4, -0.2) is 44.3 Å². The van der Waals surface area contributed by atoms with Gasteiger partial charge in [-0.15, -0.1) is 0 Å². The van der Waals surface area contributed by atoms with E-state index in [1.807, 2.05) is 13.0 Å². The molecule has 0 saturated heterocycles. The summed E-state index contributed by atoms with van der Waals surface area (Å²) < 4.78 is 24.3. The lowest BCUT2D eigenvalue weighted by atomic mass is 10.3. The van der Waals surface area contributed by atoms with Crippen molar-refractivity contribution in [2.75, 3.05) is 36.5 Å². The lowest BCUT2D eigenvalue weighted by Gasteiger charge is -2.10. The van der Waals surface area contributed by atoms with Gasteiger partial charge in [0, 0.05) is 32.1 Å². The molecule has 0 aliphatic heterocycles. The maximum atomic E-state index is 10.9. The molecule has 0 fully saturated rings. The van der Waals surface area contributed by atoms with Gasteiger partial charge in [-0.25, -0.2) is 23.1 Å². The van der Waals surface area contributed by atoms with Crippen molar-refractivity contribution < 1.29 is 8.42 Å². The van der Waals surface area contributed by atoms with Crippen molar-refractivity contribution in [1.29, 1.82) is 0 Å². The zero-order valence-electron chi connectivity index (χ0n) is 12.9. The third kappa shape index (κ3) is 7.81. The Kier molecular flexibility index (Phi) is 7.38. The summed E-state index contributed by atoms with van der Waals surface area (Å²) in [5, 5.41) is 6.39. The zero-order valence-corrected chi connectivity index (χ0v) is 13.8. The van der Waals surface area contributed by atoms with E-state index in [1.54, 1.807) is 0 Å². The van der Waals surface area contributed by atoms with E-state index >= 15 is 0 Å². The first-order valence-corrected chi connectivity index (χ1v) is 9.14. The van der Waals surface area contributed by atoms with Crippen molar-refractivity contribution in [3.8, 4) is 0 Å². The molecule has 7 nitrogen and oxygen atoms in total. The smallest absolute Gasteiger partial charge is 0.208 e. The summed E-state index contributed by atoms with van der Waals surface area (Å²) in [5.41, 5.74) is 0. The van der Waals surface area contributed by atoms with E-state index in [1.165, 1.54) is 0 Å². The van der Waals surface area contributed by atoms with Crippen molar-refractivity contribution in [2.45, 2.75) is 33.1 Å². The minimum atomic E-state index is -3.11. The first kappa shape index (κ1) is 17.6. The van der Waals surface area contributed by atoms with E-state index in [2.05, 4.69) is 32.2 Å². The highest BCUT2D eigenvalue weighted by molar-refractivity contribution is 7.88. The molecule has 0 aliphatic rings. The topological polar surface area (TPSA) is 96.0 Å². The van der Waals surface area contributed by atoms with Crippen molar-refractivity contribution in [1.82, 2.24) is 14.7 Å². The zero-order chi connectivity index (χ0) is 15.7. The molecule has 0 spiro atoms. The summed E-state index contributed by atoms with van der Waals surface area (Å²) in [4.78, 5) is 8.89. The molecule has 0 unspecified atom stereocenters. The van der Waals surface area contributed by atoms with Crippen LogP contribution in [0.3, 0.4) is 0 Å². The number of anilines is 2. The summed E-state index contributed by atoms with van der Waals surface area (Å²) in [5.74, 6) is 2.39. The number of nitrogens with one attached hydrogen (secondary N) is 3. The average molecular weight is 315 g/mol. The second-order valence-corrected chi connectivity index (χ2v) is 6.61. The number of rotatable bonds is 10. The van der Waals surface area contributed by atoms with E-state index in [0.717, 1.165) is 43.1 Å². The second kappa shape index (κ2) is 8.78. The summed E-state index contributed by atoms with van der Waals surface area (Å²) >= 11 is 0. The first-order chi connectivity index (χ1) is 9.94. The predicted octanol–water partition coefficient (Wildman–Crippen LogP) is 1.21. The number of hydrogen-bond donors (Lipinski definition) is 3. The molecule has 0 aromatic carbocycles. The highest BCUT2D eigenvalue weighted by atomic mass is 32.2. The fourth-order valence-corrected chi connectivity index (χ4v) is 2.27.